The molecule has 6 nitrogen and oxygen atoms in total. The smallest absolute Gasteiger partial charge is 0.203 e. The lowest BCUT2D eigenvalue weighted by molar-refractivity contribution is 0.0995. The molecule has 1 heterocycles. The molecule has 2 aliphatic rings. The standard InChI is InChI=1S/C27H23NO5/c1-15-17-10-11-28(14-16-12-22(31-2)27(33-4)23(13-16)32-3)19-7-5-6-18(25(17)19)26-21(30)9-8-20(29)24(15)26/h5-13H,14H2,1-4H3. The van der Waals surface area contributed by atoms with Crippen LogP contribution < -0.4 is 19.1 Å². The molecule has 1 aliphatic heterocycles. The van der Waals surface area contributed by atoms with Gasteiger partial charge in [0.2, 0.25) is 5.75 Å². The number of ether oxygens (including phenoxy) is 3. The van der Waals surface area contributed by atoms with E-state index in [4.69, 9.17) is 14.2 Å². The highest BCUT2D eigenvalue weighted by molar-refractivity contribution is 6.29. The number of carbonyl (C=O) groups is 2. The quantitative estimate of drug-likeness (QED) is 0.549. The molecule has 33 heavy (non-hydrogen) atoms. The molecule has 6 heteroatoms. The minimum atomic E-state index is -0.137. The molecule has 3 aromatic carbocycles. The van der Waals surface area contributed by atoms with E-state index in [-0.39, 0.29) is 11.6 Å². The number of fused-ring (bicyclic) bond motifs is 2. The number of rotatable bonds is 5. The summed E-state index contributed by atoms with van der Waals surface area (Å²) in [6.07, 6.45) is 6.75. The first kappa shape index (κ1) is 20.8. The lowest BCUT2D eigenvalue weighted by atomic mass is 9.82. The minimum Gasteiger partial charge on any atom is -0.493 e. The molecule has 5 rings (SSSR count). The van der Waals surface area contributed by atoms with Gasteiger partial charge in [-0.1, -0.05) is 12.1 Å². The second-order valence-electron chi connectivity index (χ2n) is 8.03. The van der Waals surface area contributed by atoms with Crippen LogP contribution in [0.3, 0.4) is 0 Å². The van der Waals surface area contributed by atoms with Crippen LogP contribution >= 0.6 is 0 Å². The molecular formula is C27H23NO5. The fraction of sp³-hybridized carbons (Fsp3) is 0.185. The zero-order chi connectivity index (χ0) is 23.3. The van der Waals surface area contributed by atoms with Crippen molar-refractivity contribution in [2.24, 2.45) is 0 Å². The maximum atomic E-state index is 12.8. The van der Waals surface area contributed by atoms with Crippen LogP contribution in [0.1, 0.15) is 37.4 Å². The molecular weight excluding hydrogens is 418 g/mol. The van der Waals surface area contributed by atoms with E-state index in [9.17, 15) is 9.59 Å². The van der Waals surface area contributed by atoms with Gasteiger partial charge in [0, 0.05) is 34.9 Å². The van der Waals surface area contributed by atoms with Gasteiger partial charge in [-0.15, -0.1) is 0 Å². The number of anilines is 1. The topological polar surface area (TPSA) is 65.1 Å². The molecule has 0 saturated heterocycles. The Morgan fingerprint density at radius 3 is 2.15 bits per heavy atom. The Kier molecular flexibility index (Phi) is 4.93. The van der Waals surface area contributed by atoms with E-state index in [0.717, 1.165) is 33.2 Å². The number of benzene rings is 3. The van der Waals surface area contributed by atoms with E-state index >= 15 is 0 Å². The predicted molar refractivity (Wildman–Crippen MR) is 128 cm³/mol. The van der Waals surface area contributed by atoms with Crippen LogP contribution in [0.2, 0.25) is 0 Å². The summed E-state index contributed by atoms with van der Waals surface area (Å²) in [5.41, 5.74) is 4.74. The van der Waals surface area contributed by atoms with Crippen LogP contribution in [0.15, 0.2) is 48.7 Å². The van der Waals surface area contributed by atoms with Gasteiger partial charge in [-0.05, 0) is 65.4 Å². The van der Waals surface area contributed by atoms with E-state index in [1.165, 1.54) is 12.2 Å². The fourth-order valence-electron chi connectivity index (χ4n) is 4.81. The predicted octanol–water partition coefficient (Wildman–Crippen LogP) is 5.10. The summed E-state index contributed by atoms with van der Waals surface area (Å²) >= 11 is 0. The van der Waals surface area contributed by atoms with Gasteiger partial charge in [-0.25, -0.2) is 0 Å². The van der Waals surface area contributed by atoms with Gasteiger partial charge in [-0.3, -0.25) is 9.59 Å². The zero-order valence-corrected chi connectivity index (χ0v) is 18.9. The van der Waals surface area contributed by atoms with Gasteiger partial charge in [0.15, 0.2) is 23.1 Å². The third kappa shape index (κ3) is 3.09. The van der Waals surface area contributed by atoms with Crippen molar-refractivity contribution in [1.82, 2.24) is 0 Å². The molecule has 0 aromatic heterocycles. The van der Waals surface area contributed by atoms with Crippen LogP contribution in [0.5, 0.6) is 17.2 Å². The lowest BCUT2D eigenvalue weighted by Gasteiger charge is -2.29. The second-order valence-corrected chi connectivity index (χ2v) is 8.03. The van der Waals surface area contributed by atoms with Crippen molar-refractivity contribution in [1.29, 1.82) is 0 Å². The number of hydrogen-bond acceptors (Lipinski definition) is 6. The van der Waals surface area contributed by atoms with Crippen LogP contribution in [0.25, 0.3) is 16.8 Å². The number of allylic oxidation sites excluding steroid dienone is 2. The monoisotopic (exact) mass is 441 g/mol. The van der Waals surface area contributed by atoms with Gasteiger partial charge in [0.25, 0.3) is 0 Å². The highest BCUT2D eigenvalue weighted by Gasteiger charge is 2.29. The summed E-state index contributed by atoms with van der Waals surface area (Å²) in [5.74, 6) is 1.46. The van der Waals surface area contributed by atoms with Gasteiger partial charge >= 0.3 is 0 Å². The summed E-state index contributed by atoms with van der Waals surface area (Å²) in [5, 5.41) is 1.77. The minimum absolute atomic E-state index is 0.126. The first-order valence-electron chi connectivity index (χ1n) is 10.6. The van der Waals surface area contributed by atoms with Crippen molar-refractivity contribution in [3.8, 4) is 17.2 Å². The van der Waals surface area contributed by atoms with Gasteiger partial charge in [-0.2, -0.15) is 0 Å². The van der Waals surface area contributed by atoms with Crippen LogP contribution in [-0.2, 0) is 6.54 Å². The van der Waals surface area contributed by atoms with E-state index < -0.39 is 0 Å². The molecule has 1 aliphatic carbocycles. The summed E-state index contributed by atoms with van der Waals surface area (Å²) in [6.45, 7) is 2.46. The zero-order valence-electron chi connectivity index (χ0n) is 18.9. The second kappa shape index (κ2) is 7.81. The molecule has 0 spiro atoms. The van der Waals surface area contributed by atoms with Crippen molar-refractivity contribution < 1.29 is 23.8 Å². The summed E-state index contributed by atoms with van der Waals surface area (Å²) in [4.78, 5) is 27.5. The average Bonchev–Trinajstić information content (AvgIpc) is 2.83. The Hall–Kier alpha value is -4.06. The SMILES string of the molecule is COc1cc(CN2C=Cc3c(C)c4c(c5cccc2c35)C(=O)C=CC4=O)cc(OC)c1OC. The molecule has 0 unspecified atom stereocenters. The number of ketones is 2. The molecule has 166 valence electrons. The van der Waals surface area contributed by atoms with Crippen LogP contribution in [-0.4, -0.2) is 32.9 Å². The number of carbonyl (C=O) groups excluding carboxylic acids is 2. The van der Waals surface area contributed by atoms with Crippen molar-refractivity contribution in [2.75, 3.05) is 26.2 Å². The van der Waals surface area contributed by atoms with Gasteiger partial charge in [0.1, 0.15) is 0 Å². The fourth-order valence-corrected chi connectivity index (χ4v) is 4.81. The molecule has 0 saturated carbocycles. The maximum absolute atomic E-state index is 12.8. The molecule has 0 amide bonds. The summed E-state index contributed by atoms with van der Waals surface area (Å²) in [7, 11) is 4.77. The average molecular weight is 441 g/mol. The Morgan fingerprint density at radius 1 is 0.848 bits per heavy atom. The summed E-state index contributed by atoms with van der Waals surface area (Å²) in [6, 6.07) is 9.73. The maximum Gasteiger partial charge on any atom is 0.203 e. The summed E-state index contributed by atoms with van der Waals surface area (Å²) < 4.78 is 16.4. The highest BCUT2D eigenvalue weighted by Crippen LogP contribution is 2.43. The Morgan fingerprint density at radius 2 is 1.52 bits per heavy atom. The molecule has 0 fully saturated rings. The van der Waals surface area contributed by atoms with E-state index in [0.29, 0.717) is 34.9 Å². The van der Waals surface area contributed by atoms with Gasteiger partial charge in [0.05, 0.1) is 21.3 Å². The van der Waals surface area contributed by atoms with Crippen LogP contribution in [0.4, 0.5) is 5.69 Å². The first-order chi connectivity index (χ1) is 16.0. The highest BCUT2D eigenvalue weighted by atomic mass is 16.5. The normalized spacial score (nSPS) is 14.0. The van der Waals surface area contributed by atoms with Crippen LogP contribution in [0, 0.1) is 6.92 Å². The third-order valence-electron chi connectivity index (χ3n) is 6.30. The Labute approximate surface area is 191 Å². The first-order valence-corrected chi connectivity index (χ1v) is 10.6. The molecule has 3 aromatic rings. The number of nitrogens with zero attached hydrogens (tertiary/aromatic N) is 1. The number of hydrogen-bond donors (Lipinski definition) is 0. The largest absolute Gasteiger partial charge is 0.493 e. The third-order valence-corrected chi connectivity index (χ3v) is 6.30. The van der Waals surface area contributed by atoms with Crippen molar-refractivity contribution in [2.45, 2.75) is 13.5 Å². The van der Waals surface area contributed by atoms with Gasteiger partial charge < -0.3 is 19.1 Å². The van der Waals surface area contributed by atoms with E-state index in [1.807, 2.05) is 49.5 Å². The van der Waals surface area contributed by atoms with Crippen molar-refractivity contribution >= 4 is 34.1 Å². The van der Waals surface area contributed by atoms with Crippen molar-refractivity contribution in [3.05, 3.63) is 76.5 Å². The van der Waals surface area contributed by atoms with Crippen molar-refractivity contribution in [3.63, 3.8) is 0 Å². The molecule has 0 bridgehead atoms. The Bertz CT molecular complexity index is 1370. The Balaban J connectivity index is 1.66. The molecule has 0 atom stereocenters. The number of methoxy groups -OCH3 is 3. The molecule has 0 radical (unpaired) electrons. The van der Waals surface area contributed by atoms with E-state index in [2.05, 4.69) is 4.90 Å². The lowest BCUT2D eigenvalue weighted by Crippen LogP contribution is -2.21. The molecule has 0 N–H and O–H groups in total. The van der Waals surface area contributed by atoms with E-state index in [1.54, 1.807) is 21.3 Å².